The zero-order chi connectivity index (χ0) is 21.2. The summed E-state index contributed by atoms with van der Waals surface area (Å²) in [5.74, 6) is 0.370. The zero-order valence-electron chi connectivity index (χ0n) is 17.4. The Morgan fingerprint density at radius 3 is 2.45 bits per heavy atom. The highest BCUT2D eigenvalue weighted by Crippen LogP contribution is 2.30. The van der Waals surface area contributed by atoms with E-state index < -0.39 is 0 Å². The van der Waals surface area contributed by atoms with Crippen LogP contribution in [0.4, 0.5) is 0 Å². The van der Waals surface area contributed by atoms with Crippen LogP contribution in [0.15, 0.2) is 53.5 Å². The topological polar surface area (TPSA) is 59.9 Å². The SMILES string of the molecule is COc1nc(C(=CCn2[nH]cc(C)c2=O)c2ccc(C(C)(C)C)cc2)ccc1Cl. The molecule has 5 nitrogen and oxygen atoms in total. The molecule has 1 N–H and O–H groups in total. The first-order valence-electron chi connectivity index (χ1n) is 9.47. The van der Waals surface area contributed by atoms with Gasteiger partial charge in [0, 0.05) is 17.3 Å². The van der Waals surface area contributed by atoms with E-state index in [4.69, 9.17) is 16.3 Å². The minimum atomic E-state index is -0.0367. The molecule has 3 aromatic rings. The number of methoxy groups -OCH3 is 1. The third-order valence-corrected chi connectivity index (χ3v) is 5.13. The van der Waals surface area contributed by atoms with Gasteiger partial charge in [0.1, 0.15) is 5.02 Å². The van der Waals surface area contributed by atoms with Crippen molar-refractivity contribution in [2.24, 2.45) is 0 Å². The molecule has 0 spiro atoms. The monoisotopic (exact) mass is 411 g/mol. The van der Waals surface area contributed by atoms with E-state index in [1.54, 1.807) is 31.0 Å². The molecule has 0 radical (unpaired) electrons. The van der Waals surface area contributed by atoms with E-state index in [1.165, 1.54) is 5.56 Å². The van der Waals surface area contributed by atoms with Crippen LogP contribution in [-0.2, 0) is 12.0 Å². The molecule has 0 saturated carbocycles. The van der Waals surface area contributed by atoms with Crippen molar-refractivity contribution < 1.29 is 4.74 Å². The number of nitrogens with zero attached hydrogens (tertiary/aromatic N) is 2. The van der Waals surface area contributed by atoms with E-state index in [0.29, 0.717) is 23.0 Å². The van der Waals surface area contributed by atoms with Gasteiger partial charge in [0.25, 0.3) is 5.56 Å². The summed E-state index contributed by atoms with van der Waals surface area (Å²) in [6.45, 7) is 8.74. The van der Waals surface area contributed by atoms with E-state index >= 15 is 0 Å². The van der Waals surface area contributed by atoms with Crippen molar-refractivity contribution >= 4 is 17.2 Å². The minimum absolute atomic E-state index is 0.0367. The average Bonchev–Trinajstić information content (AvgIpc) is 3.01. The van der Waals surface area contributed by atoms with Crippen molar-refractivity contribution in [1.29, 1.82) is 0 Å². The fourth-order valence-electron chi connectivity index (χ4n) is 3.06. The van der Waals surface area contributed by atoms with Crippen molar-refractivity contribution in [2.75, 3.05) is 7.11 Å². The number of aromatic amines is 1. The second-order valence-corrected chi connectivity index (χ2v) is 8.41. The maximum Gasteiger partial charge on any atom is 0.269 e. The van der Waals surface area contributed by atoms with Crippen LogP contribution in [0.5, 0.6) is 5.88 Å². The third kappa shape index (κ3) is 4.62. The number of H-pyrrole nitrogens is 1. The largest absolute Gasteiger partial charge is 0.480 e. The zero-order valence-corrected chi connectivity index (χ0v) is 18.2. The molecule has 6 heteroatoms. The van der Waals surface area contributed by atoms with Crippen molar-refractivity contribution in [3.05, 3.63) is 86.4 Å². The van der Waals surface area contributed by atoms with Gasteiger partial charge in [0.2, 0.25) is 5.88 Å². The highest BCUT2D eigenvalue weighted by Gasteiger charge is 2.15. The third-order valence-electron chi connectivity index (χ3n) is 4.84. The van der Waals surface area contributed by atoms with Crippen LogP contribution < -0.4 is 10.3 Å². The van der Waals surface area contributed by atoms with Gasteiger partial charge < -0.3 is 9.84 Å². The maximum atomic E-state index is 12.2. The van der Waals surface area contributed by atoms with Crippen LogP contribution in [0.3, 0.4) is 0 Å². The summed E-state index contributed by atoms with van der Waals surface area (Å²) in [5, 5.41) is 3.44. The fourth-order valence-corrected chi connectivity index (χ4v) is 3.25. The van der Waals surface area contributed by atoms with Crippen LogP contribution in [0.2, 0.25) is 5.02 Å². The number of aromatic nitrogens is 3. The smallest absolute Gasteiger partial charge is 0.269 e. The van der Waals surface area contributed by atoms with Gasteiger partial charge in [-0.2, -0.15) is 0 Å². The van der Waals surface area contributed by atoms with Crippen molar-refractivity contribution in [2.45, 2.75) is 39.7 Å². The molecule has 152 valence electrons. The summed E-state index contributed by atoms with van der Waals surface area (Å²) in [6, 6.07) is 12.0. The predicted molar refractivity (Wildman–Crippen MR) is 118 cm³/mol. The molecule has 0 aliphatic carbocycles. The summed E-state index contributed by atoms with van der Waals surface area (Å²) < 4.78 is 6.85. The predicted octanol–water partition coefficient (Wildman–Crippen LogP) is 4.97. The van der Waals surface area contributed by atoms with Gasteiger partial charge in [0.05, 0.1) is 19.3 Å². The lowest BCUT2D eigenvalue weighted by Crippen LogP contribution is -2.17. The number of hydrogen-bond acceptors (Lipinski definition) is 3. The summed E-state index contributed by atoms with van der Waals surface area (Å²) in [7, 11) is 1.54. The van der Waals surface area contributed by atoms with Gasteiger partial charge in [-0.1, -0.05) is 62.7 Å². The first-order chi connectivity index (χ1) is 13.7. The van der Waals surface area contributed by atoms with E-state index in [2.05, 4.69) is 55.1 Å². The lowest BCUT2D eigenvalue weighted by Gasteiger charge is -2.19. The quantitative estimate of drug-likeness (QED) is 0.644. The van der Waals surface area contributed by atoms with Crippen LogP contribution >= 0.6 is 11.6 Å². The Morgan fingerprint density at radius 1 is 1.21 bits per heavy atom. The molecule has 29 heavy (non-hydrogen) atoms. The van der Waals surface area contributed by atoms with Gasteiger partial charge in [-0.05, 0) is 35.6 Å². The number of hydrogen-bond donors (Lipinski definition) is 1. The molecule has 0 aliphatic rings. The highest BCUT2D eigenvalue weighted by molar-refractivity contribution is 6.31. The fraction of sp³-hybridized carbons (Fsp3) is 0.304. The molecular weight excluding hydrogens is 386 g/mol. The molecular formula is C23H26ClN3O2. The Morgan fingerprint density at radius 2 is 1.90 bits per heavy atom. The summed E-state index contributed by atoms with van der Waals surface area (Å²) in [6.07, 6.45) is 3.69. The van der Waals surface area contributed by atoms with Crippen LogP contribution in [0.25, 0.3) is 5.57 Å². The molecule has 0 saturated heterocycles. The second kappa shape index (κ2) is 8.29. The van der Waals surface area contributed by atoms with Crippen molar-refractivity contribution in [3.8, 4) is 5.88 Å². The molecule has 0 fully saturated rings. The van der Waals surface area contributed by atoms with Gasteiger partial charge in [0.15, 0.2) is 0 Å². The van der Waals surface area contributed by atoms with Crippen molar-refractivity contribution in [3.63, 3.8) is 0 Å². The molecule has 0 aliphatic heterocycles. The van der Waals surface area contributed by atoms with E-state index in [9.17, 15) is 4.79 Å². The van der Waals surface area contributed by atoms with Gasteiger partial charge in [-0.15, -0.1) is 0 Å². The van der Waals surface area contributed by atoms with E-state index in [1.807, 2.05) is 12.1 Å². The number of benzene rings is 1. The Kier molecular flexibility index (Phi) is 5.99. The first-order valence-corrected chi connectivity index (χ1v) is 9.85. The number of rotatable bonds is 5. The number of pyridine rings is 1. The Hall–Kier alpha value is -2.79. The Balaban J connectivity index is 2.07. The van der Waals surface area contributed by atoms with Crippen LogP contribution in [0, 0.1) is 6.92 Å². The van der Waals surface area contributed by atoms with Crippen LogP contribution in [0.1, 0.15) is 43.2 Å². The number of halogens is 1. The molecule has 0 amide bonds. The first kappa shape index (κ1) is 20.9. The van der Waals surface area contributed by atoms with Crippen LogP contribution in [-0.4, -0.2) is 21.9 Å². The Labute approximate surface area is 176 Å². The standard InChI is InChI=1S/C23H26ClN3O2/c1-15-14-25-27(22(15)28)13-12-18(20-11-10-19(24)21(26-20)29-5)16-6-8-17(9-7-16)23(2,3)4/h6-12,14,25H,13H2,1-5H3. The lowest BCUT2D eigenvalue weighted by atomic mass is 9.86. The number of aryl methyl sites for hydroxylation is 1. The molecule has 0 unspecified atom stereocenters. The molecule has 2 heterocycles. The van der Waals surface area contributed by atoms with Gasteiger partial charge in [-0.3, -0.25) is 4.79 Å². The molecule has 0 bridgehead atoms. The normalized spacial score (nSPS) is 12.3. The van der Waals surface area contributed by atoms with E-state index in [-0.39, 0.29) is 11.0 Å². The number of allylic oxidation sites excluding steroid dienone is 1. The summed E-state index contributed by atoms with van der Waals surface area (Å²) in [4.78, 5) is 16.8. The summed E-state index contributed by atoms with van der Waals surface area (Å²) in [5.41, 5.74) is 4.60. The molecule has 2 aromatic heterocycles. The molecule has 3 rings (SSSR count). The molecule has 0 atom stereocenters. The number of ether oxygens (including phenoxy) is 1. The highest BCUT2D eigenvalue weighted by atomic mass is 35.5. The lowest BCUT2D eigenvalue weighted by molar-refractivity contribution is 0.398. The second-order valence-electron chi connectivity index (χ2n) is 8.00. The summed E-state index contributed by atoms with van der Waals surface area (Å²) >= 11 is 6.16. The minimum Gasteiger partial charge on any atom is -0.480 e. The van der Waals surface area contributed by atoms with Gasteiger partial charge >= 0.3 is 0 Å². The Bertz CT molecular complexity index is 1090. The number of nitrogens with one attached hydrogen (secondary N) is 1. The average molecular weight is 412 g/mol. The molecule has 1 aromatic carbocycles. The maximum absolute atomic E-state index is 12.2. The van der Waals surface area contributed by atoms with Crippen molar-refractivity contribution in [1.82, 2.24) is 14.8 Å². The van der Waals surface area contributed by atoms with E-state index in [0.717, 1.165) is 16.8 Å². The van der Waals surface area contributed by atoms with Gasteiger partial charge in [-0.25, -0.2) is 9.67 Å².